The molecule has 0 aromatic carbocycles. The average Bonchev–Trinajstić information content (AvgIpc) is 1.64. The molecule has 0 saturated heterocycles. The molecule has 62 valence electrons. The van der Waals surface area contributed by atoms with Crippen LogP contribution < -0.4 is 64.2 Å². The van der Waals surface area contributed by atoms with Gasteiger partial charge in [-0.15, -0.1) is 0 Å². The Bertz CT molecular complexity index is 207. The van der Waals surface area contributed by atoms with Gasteiger partial charge in [0.2, 0.25) is 9.15 Å². The van der Waals surface area contributed by atoms with Crippen molar-refractivity contribution in [3.8, 4) is 0 Å². The topological polar surface area (TPSA) is 135 Å². The number of carbonyl (C=O) groups excluding carboxylic acids is 1. The van der Waals surface area contributed by atoms with Crippen molar-refractivity contribution in [2.24, 2.45) is 0 Å². The Hall–Kier alpha value is 1.49. The van der Waals surface area contributed by atoms with Gasteiger partial charge in [0.1, 0.15) is 0 Å². The molecule has 0 fully saturated rings. The Kier molecular flexibility index (Phi) is 24.3. The number of rotatable bonds is 1. The first-order valence-corrected chi connectivity index (χ1v) is 4.52. The van der Waals surface area contributed by atoms with Crippen molar-refractivity contribution in [3.05, 3.63) is 0 Å². The standard InChI is InChI=1S/CH2O2.2Na.H2O5S2/c2-1-3;;;1-6(2)7(3,4)5/h1H,(H,2,3);;;(H,1,2)(H,3,4,5)/q;2*+1;/p-2. The summed E-state index contributed by atoms with van der Waals surface area (Å²) in [5.41, 5.74) is 0. The molecular weight excluding hydrogens is 234 g/mol. The van der Waals surface area contributed by atoms with Crippen LogP contribution in [-0.2, 0) is 24.1 Å². The molecule has 0 amide bonds. The fourth-order valence-corrected chi connectivity index (χ4v) is 0. The van der Waals surface area contributed by atoms with Crippen LogP contribution in [0, 0.1) is 0 Å². The second-order valence-electron chi connectivity index (χ2n) is 0.722. The van der Waals surface area contributed by atoms with Crippen molar-refractivity contribution >= 4 is 25.7 Å². The zero-order valence-corrected chi connectivity index (χ0v) is 11.9. The maximum atomic E-state index is 9.23. The third-order valence-corrected chi connectivity index (χ3v) is 1.57. The summed E-state index contributed by atoms with van der Waals surface area (Å²) in [5, 5.41) is 8.25. The molecule has 1 atom stereocenters. The van der Waals surface area contributed by atoms with Crippen LogP contribution in [0.5, 0.6) is 0 Å². The molecule has 0 aliphatic rings. The average molecular weight is 236 g/mol. The molecule has 0 rings (SSSR count). The molecule has 0 saturated carbocycles. The van der Waals surface area contributed by atoms with E-state index in [4.69, 9.17) is 14.5 Å². The van der Waals surface area contributed by atoms with Gasteiger partial charge in [0, 0.05) is 6.47 Å². The molecule has 0 spiro atoms. The molecule has 0 aliphatic carbocycles. The summed E-state index contributed by atoms with van der Waals surface area (Å²) in [4.78, 5) is 8.25. The number of carboxylic acid groups (broad SMARTS) is 1. The van der Waals surface area contributed by atoms with Gasteiger partial charge in [-0.25, -0.2) is 12.6 Å². The monoisotopic (exact) mass is 236 g/mol. The van der Waals surface area contributed by atoms with Crippen molar-refractivity contribution in [2.45, 2.75) is 0 Å². The number of hydrogen-bond acceptors (Lipinski definition) is 6. The van der Waals surface area contributed by atoms with Crippen LogP contribution in [-0.4, -0.2) is 28.2 Å². The number of hydrogen-bond donors (Lipinski definition) is 1. The maximum Gasteiger partial charge on any atom is 1.00 e. The zero-order chi connectivity index (χ0) is 8.78. The van der Waals surface area contributed by atoms with Gasteiger partial charge in [0.25, 0.3) is 10.1 Å². The van der Waals surface area contributed by atoms with E-state index in [-0.39, 0.29) is 59.1 Å². The second kappa shape index (κ2) is 12.5. The third-order valence-electron chi connectivity index (χ3n) is 0.175. The summed E-state index contributed by atoms with van der Waals surface area (Å²) in [6, 6.07) is 0. The van der Waals surface area contributed by atoms with Gasteiger partial charge in [-0.1, -0.05) is 0 Å². The number of carbonyl (C=O) groups is 1. The third kappa shape index (κ3) is 22.5. The van der Waals surface area contributed by atoms with E-state index in [1.807, 2.05) is 0 Å². The summed E-state index contributed by atoms with van der Waals surface area (Å²) in [5.74, 6) is 0. The van der Waals surface area contributed by atoms with Gasteiger partial charge in [-0.2, -0.15) is 0 Å². The summed E-state index contributed by atoms with van der Waals surface area (Å²) in [6.45, 7) is -0.500. The van der Waals surface area contributed by atoms with Crippen molar-refractivity contribution in [1.82, 2.24) is 0 Å². The van der Waals surface area contributed by atoms with Crippen LogP contribution in [0.4, 0.5) is 0 Å². The van der Waals surface area contributed by atoms with Gasteiger partial charge >= 0.3 is 59.1 Å². The molecule has 12 heavy (non-hydrogen) atoms. The Morgan fingerprint density at radius 1 is 1.33 bits per heavy atom. The van der Waals surface area contributed by atoms with Gasteiger partial charge in [0.05, 0.1) is 0 Å². The minimum atomic E-state index is -4.96. The molecular formula is CH2Na2O7S2. The summed E-state index contributed by atoms with van der Waals surface area (Å²) >= 11 is 0. The Labute approximate surface area is 115 Å². The quantitative estimate of drug-likeness (QED) is 0.157. The van der Waals surface area contributed by atoms with Crippen LogP contribution in [0.3, 0.4) is 0 Å². The van der Waals surface area contributed by atoms with E-state index >= 15 is 0 Å². The molecule has 1 unspecified atom stereocenters. The first-order chi connectivity index (χ1) is 4.36. The Morgan fingerprint density at radius 3 is 1.42 bits per heavy atom. The van der Waals surface area contributed by atoms with Crippen LogP contribution in [0.25, 0.3) is 0 Å². The Balaban J connectivity index is -0.0000000569. The summed E-state index contributed by atoms with van der Waals surface area (Å²) in [6.07, 6.45) is 0. The molecule has 0 aromatic heterocycles. The van der Waals surface area contributed by atoms with Gasteiger partial charge in [0.15, 0.2) is 0 Å². The maximum absolute atomic E-state index is 9.23. The van der Waals surface area contributed by atoms with Crippen molar-refractivity contribution < 1.29 is 90.7 Å². The molecule has 7 nitrogen and oxygen atoms in total. The molecule has 0 heterocycles. The zero-order valence-electron chi connectivity index (χ0n) is 6.29. The fraction of sp³-hybridized carbons (Fsp3) is 0. The van der Waals surface area contributed by atoms with Gasteiger partial charge < -0.3 is 14.5 Å². The first-order valence-electron chi connectivity index (χ1n) is 1.49. The van der Waals surface area contributed by atoms with Crippen LogP contribution in [0.2, 0.25) is 0 Å². The normalized spacial score (nSPS) is 10.5. The van der Waals surface area contributed by atoms with E-state index in [0.717, 1.165) is 0 Å². The molecule has 11 heteroatoms. The van der Waals surface area contributed by atoms with E-state index in [1.54, 1.807) is 0 Å². The van der Waals surface area contributed by atoms with Crippen LogP contribution in [0.1, 0.15) is 0 Å². The molecule has 0 radical (unpaired) electrons. The minimum Gasteiger partial charge on any atom is -0.736 e. The smallest absolute Gasteiger partial charge is 0.736 e. The van der Waals surface area contributed by atoms with Crippen molar-refractivity contribution in [1.29, 1.82) is 0 Å². The van der Waals surface area contributed by atoms with E-state index in [0.29, 0.717) is 0 Å². The SMILES string of the molecule is O=C[O-].O=S(O)S(=O)(=O)[O-].[Na+].[Na+]. The molecule has 1 N–H and O–H groups in total. The van der Waals surface area contributed by atoms with E-state index in [1.165, 1.54) is 0 Å². The van der Waals surface area contributed by atoms with Crippen molar-refractivity contribution in [3.63, 3.8) is 0 Å². The molecule has 0 aliphatic heterocycles. The molecule has 0 bridgehead atoms. The predicted octanol–water partition coefficient (Wildman–Crippen LogP) is -8.96. The summed E-state index contributed by atoms with van der Waals surface area (Å²) in [7, 11) is -8.23. The van der Waals surface area contributed by atoms with Gasteiger partial charge in [-0.05, 0) is 0 Å². The van der Waals surface area contributed by atoms with Crippen molar-refractivity contribution in [2.75, 3.05) is 0 Å². The van der Waals surface area contributed by atoms with Crippen LogP contribution in [0.15, 0.2) is 0 Å². The largest absolute Gasteiger partial charge is 1.00 e. The molecule has 0 aromatic rings. The Morgan fingerprint density at radius 2 is 1.42 bits per heavy atom. The van der Waals surface area contributed by atoms with E-state index in [9.17, 15) is 17.2 Å². The fourth-order valence-electron chi connectivity index (χ4n) is 0. The first kappa shape index (κ1) is 23.4. The van der Waals surface area contributed by atoms with Crippen LogP contribution >= 0.6 is 0 Å². The summed E-state index contributed by atoms with van der Waals surface area (Å²) < 4.78 is 44.4. The predicted molar refractivity (Wildman–Crippen MR) is 26.5 cm³/mol. The van der Waals surface area contributed by atoms with E-state index < -0.39 is 25.7 Å². The van der Waals surface area contributed by atoms with E-state index in [2.05, 4.69) is 0 Å². The minimum absolute atomic E-state index is 0. The second-order valence-corrected chi connectivity index (χ2v) is 4.05. The van der Waals surface area contributed by atoms with Gasteiger partial charge in [-0.3, -0.25) is 4.55 Å².